The first-order valence-electron chi connectivity index (χ1n) is 4.15. The van der Waals surface area contributed by atoms with E-state index in [4.69, 9.17) is 5.11 Å². The minimum Gasteiger partial charge on any atom is -0.507 e. The van der Waals surface area contributed by atoms with Gasteiger partial charge in [0.15, 0.2) is 0 Å². The second kappa shape index (κ2) is 3.77. The molecule has 0 aliphatic rings. The summed E-state index contributed by atoms with van der Waals surface area (Å²) in [6.07, 6.45) is 0. The van der Waals surface area contributed by atoms with Crippen molar-refractivity contribution in [3.8, 4) is 16.3 Å². The maximum atomic E-state index is 9.55. The van der Waals surface area contributed by atoms with Crippen molar-refractivity contribution in [2.45, 2.75) is 6.61 Å². The van der Waals surface area contributed by atoms with Crippen LogP contribution in [0, 0.1) is 0 Å². The van der Waals surface area contributed by atoms with Crippen LogP contribution in [0.1, 0.15) is 5.69 Å². The van der Waals surface area contributed by atoms with Crippen LogP contribution in [0.2, 0.25) is 0 Å². The Labute approximate surface area is 85.3 Å². The highest BCUT2D eigenvalue weighted by atomic mass is 32.1. The Morgan fingerprint density at radius 1 is 1.29 bits per heavy atom. The Morgan fingerprint density at radius 3 is 2.71 bits per heavy atom. The smallest absolute Gasteiger partial charge is 0.127 e. The Balaban J connectivity index is 2.44. The van der Waals surface area contributed by atoms with Gasteiger partial charge in [0.2, 0.25) is 0 Å². The largest absolute Gasteiger partial charge is 0.507 e. The molecule has 72 valence electrons. The third-order valence-corrected chi connectivity index (χ3v) is 2.77. The van der Waals surface area contributed by atoms with Crippen LogP contribution >= 0.6 is 11.3 Å². The molecule has 0 saturated heterocycles. The number of aromatic nitrogens is 1. The van der Waals surface area contributed by atoms with Crippen LogP contribution in [0.5, 0.6) is 5.75 Å². The zero-order chi connectivity index (χ0) is 9.97. The molecule has 3 nitrogen and oxygen atoms in total. The molecule has 0 spiro atoms. The summed E-state index contributed by atoms with van der Waals surface area (Å²) in [5, 5.41) is 20.9. The van der Waals surface area contributed by atoms with Gasteiger partial charge in [-0.25, -0.2) is 4.98 Å². The Bertz CT molecular complexity index is 439. The summed E-state index contributed by atoms with van der Waals surface area (Å²) in [6, 6.07) is 7.03. The minimum atomic E-state index is -0.0654. The van der Waals surface area contributed by atoms with Crippen molar-refractivity contribution in [1.29, 1.82) is 0 Å². The van der Waals surface area contributed by atoms with Gasteiger partial charge in [0, 0.05) is 5.38 Å². The predicted molar refractivity (Wildman–Crippen MR) is 55.1 cm³/mol. The van der Waals surface area contributed by atoms with Crippen molar-refractivity contribution in [2.24, 2.45) is 0 Å². The zero-order valence-corrected chi connectivity index (χ0v) is 8.16. The number of rotatable bonds is 2. The van der Waals surface area contributed by atoms with Crippen molar-refractivity contribution in [2.75, 3.05) is 0 Å². The van der Waals surface area contributed by atoms with Gasteiger partial charge in [0.1, 0.15) is 10.8 Å². The first-order chi connectivity index (χ1) is 6.81. The SMILES string of the molecule is OCc1csc(-c2ccccc2O)n1. The predicted octanol–water partition coefficient (Wildman–Crippen LogP) is 2.01. The standard InChI is InChI=1S/C10H9NO2S/c12-5-7-6-14-10(11-7)8-3-1-2-4-9(8)13/h1-4,6,12-13H,5H2. The highest BCUT2D eigenvalue weighted by Gasteiger charge is 2.07. The molecule has 2 aromatic rings. The Kier molecular flexibility index (Phi) is 2.47. The number of thiazole rings is 1. The lowest BCUT2D eigenvalue weighted by molar-refractivity contribution is 0.278. The number of nitrogens with zero attached hydrogens (tertiary/aromatic N) is 1. The lowest BCUT2D eigenvalue weighted by atomic mass is 10.2. The summed E-state index contributed by atoms with van der Waals surface area (Å²) in [5.41, 5.74) is 1.34. The van der Waals surface area contributed by atoms with Gasteiger partial charge < -0.3 is 10.2 Å². The second-order valence-electron chi connectivity index (χ2n) is 2.82. The number of aromatic hydroxyl groups is 1. The Hall–Kier alpha value is -1.39. The number of phenols is 1. The van der Waals surface area contributed by atoms with E-state index in [0.29, 0.717) is 11.3 Å². The molecule has 2 rings (SSSR count). The first kappa shape index (κ1) is 9.18. The van der Waals surface area contributed by atoms with Crippen LogP contribution in [-0.4, -0.2) is 15.2 Å². The minimum absolute atomic E-state index is 0.0654. The number of phenolic OH excluding ortho intramolecular Hbond substituents is 1. The van der Waals surface area contributed by atoms with E-state index in [0.717, 1.165) is 5.01 Å². The molecule has 1 heterocycles. The molecule has 0 bridgehead atoms. The zero-order valence-electron chi connectivity index (χ0n) is 7.34. The van der Waals surface area contributed by atoms with Crippen LogP contribution in [-0.2, 0) is 6.61 Å². The van der Waals surface area contributed by atoms with Gasteiger partial charge >= 0.3 is 0 Å². The molecule has 1 aromatic carbocycles. The van der Waals surface area contributed by atoms with Gasteiger partial charge in [-0.05, 0) is 12.1 Å². The molecule has 0 unspecified atom stereocenters. The number of aliphatic hydroxyl groups excluding tert-OH is 1. The van der Waals surface area contributed by atoms with Crippen LogP contribution in [0.25, 0.3) is 10.6 Å². The molecule has 0 aliphatic heterocycles. The third kappa shape index (κ3) is 1.62. The van der Waals surface area contributed by atoms with Gasteiger partial charge in [-0.2, -0.15) is 0 Å². The first-order valence-corrected chi connectivity index (χ1v) is 5.03. The van der Waals surface area contributed by atoms with Crippen molar-refractivity contribution >= 4 is 11.3 Å². The molecule has 2 N–H and O–H groups in total. The number of hydrogen-bond acceptors (Lipinski definition) is 4. The van der Waals surface area contributed by atoms with Crippen LogP contribution in [0.15, 0.2) is 29.6 Å². The quantitative estimate of drug-likeness (QED) is 0.792. The van der Waals surface area contributed by atoms with Crippen LogP contribution < -0.4 is 0 Å². The van der Waals surface area contributed by atoms with Crippen molar-refractivity contribution in [3.63, 3.8) is 0 Å². The number of aliphatic hydroxyl groups is 1. The lowest BCUT2D eigenvalue weighted by Crippen LogP contribution is -1.82. The van der Waals surface area contributed by atoms with Gasteiger partial charge in [-0.1, -0.05) is 12.1 Å². The topological polar surface area (TPSA) is 53.4 Å². The molecular weight excluding hydrogens is 198 g/mol. The molecule has 14 heavy (non-hydrogen) atoms. The van der Waals surface area contributed by atoms with E-state index >= 15 is 0 Å². The van der Waals surface area contributed by atoms with Gasteiger partial charge in [0.05, 0.1) is 17.9 Å². The highest BCUT2D eigenvalue weighted by molar-refractivity contribution is 7.13. The average molecular weight is 207 g/mol. The molecule has 0 fully saturated rings. The lowest BCUT2D eigenvalue weighted by Gasteiger charge is -1.98. The summed E-state index contributed by atoms with van der Waals surface area (Å²) in [4.78, 5) is 4.17. The maximum absolute atomic E-state index is 9.55. The monoisotopic (exact) mass is 207 g/mol. The van der Waals surface area contributed by atoms with Crippen molar-refractivity contribution in [1.82, 2.24) is 4.98 Å². The summed E-state index contributed by atoms with van der Waals surface area (Å²) in [7, 11) is 0. The van der Waals surface area contributed by atoms with E-state index < -0.39 is 0 Å². The maximum Gasteiger partial charge on any atom is 0.127 e. The normalized spacial score (nSPS) is 10.4. The summed E-state index contributed by atoms with van der Waals surface area (Å²) in [6.45, 7) is -0.0654. The summed E-state index contributed by atoms with van der Waals surface area (Å²) < 4.78 is 0. The number of para-hydroxylation sites is 1. The fourth-order valence-corrected chi connectivity index (χ4v) is 2.00. The third-order valence-electron chi connectivity index (χ3n) is 1.85. The van der Waals surface area contributed by atoms with E-state index in [2.05, 4.69) is 4.98 Å². The summed E-state index contributed by atoms with van der Waals surface area (Å²) >= 11 is 1.41. The molecule has 0 aliphatic carbocycles. The molecule has 1 aromatic heterocycles. The molecule has 0 saturated carbocycles. The molecule has 0 amide bonds. The Morgan fingerprint density at radius 2 is 2.07 bits per heavy atom. The van der Waals surface area contributed by atoms with E-state index in [1.165, 1.54) is 11.3 Å². The van der Waals surface area contributed by atoms with Crippen LogP contribution in [0.3, 0.4) is 0 Å². The van der Waals surface area contributed by atoms with Gasteiger partial charge in [0.25, 0.3) is 0 Å². The van der Waals surface area contributed by atoms with E-state index in [1.54, 1.807) is 23.6 Å². The van der Waals surface area contributed by atoms with E-state index in [-0.39, 0.29) is 12.4 Å². The van der Waals surface area contributed by atoms with E-state index in [1.807, 2.05) is 6.07 Å². The summed E-state index contributed by atoms with van der Waals surface area (Å²) in [5.74, 6) is 0.214. The fraction of sp³-hybridized carbons (Fsp3) is 0.100. The molecule has 0 radical (unpaired) electrons. The van der Waals surface area contributed by atoms with Crippen molar-refractivity contribution < 1.29 is 10.2 Å². The van der Waals surface area contributed by atoms with E-state index in [9.17, 15) is 5.11 Å². The second-order valence-corrected chi connectivity index (χ2v) is 3.68. The molecule has 4 heteroatoms. The van der Waals surface area contributed by atoms with Crippen molar-refractivity contribution in [3.05, 3.63) is 35.3 Å². The number of hydrogen-bond donors (Lipinski definition) is 2. The number of benzene rings is 1. The van der Waals surface area contributed by atoms with Gasteiger partial charge in [-0.3, -0.25) is 0 Å². The molecular formula is C10H9NO2S. The van der Waals surface area contributed by atoms with Crippen LogP contribution in [0.4, 0.5) is 0 Å². The fourth-order valence-electron chi connectivity index (χ4n) is 1.16. The highest BCUT2D eigenvalue weighted by Crippen LogP contribution is 2.30. The van der Waals surface area contributed by atoms with Gasteiger partial charge in [-0.15, -0.1) is 11.3 Å². The average Bonchev–Trinajstić information content (AvgIpc) is 2.67. The molecule has 0 atom stereocenters.